The van der Waals surface area contributed by atoms with E-state index >= 15 is 0 Å². The molecule has 0 saturated carbocycles. The van der Waals surface area contributed by atoms with Crippen molar-refractivity contribution in [3.8, 4) is 5.75 Å². The zero-order chi connectivity index (χ0) is 18.4. The van der Waals surface area contributed by atoms with Crippen LogP contribution in [-0.4, -0.2) is 70.1 Å². The second kappa shape index (κ2) is 8.76. The van der Waals surface area contributed by atoms with Crippen molar-refractivity contribution in [2.75, 3.05) is 19.6 Å². The number of benzene rings is 1. The topological polar surface area (TPSA) is 48.5 Å². The van der Waals surface area contributed by atoms with Crippen LogP contribution in [0.15, 0.2) is 24.4 Å². The second-order valence-electron chi connectivity index (χ2n) is 6.05. The second-order valence-corrected chi connectivity index (χ2v) is 6.05. The highest BCUT2D eigenvalue weighted by Crippen LogP contribution is 2.25. The first-order chi connectivity index (χ1) is 11.7. The van der Waals surface area contributed by atoms with E-state index in [0.29, 0.717) is 5.75 Å². The van der Waals surface area contributed by atoms with Crippen LogP contribution in [0.3, 0.4) is 0 Å². The predicted octanol–water partition coefficient (Wildman–Crippen LogP) is 1.50. The third-order valence-corrected chi connectivity index (χ3v) is 3.93. The zero-order valence-corrected chi connectivity index (χ0v) is 13.9. The normalized spacial score (nSPS) is 15.4. The fourth-order valence-electron chi connectivity index (χ4n) is 2.92. The molecule has 1 aliphatic rings. The molecule has 4 nitrogen and oxygen atoms in total. The Kier molecular flexibility index (Phi) is 6.96. The molecule has 2 N–H and O–H groups in total. The first-order valence-corrected chi connectivity index (χ1v) is 8.09. The van der Waals surface area contributed by atoms with Gasteiger partial charge in [0.05, 0.1) is 0 Å². The number of nitrogens with one attached hydrogen (secondary N) is 1. The molecule has 1 aliphatic heterocycles. The number of nitrogens with zero attached hydrogens (tertiary/aromatic N) is 1. The van der Waals surface area contributed by atoms with Crippen LogP contribution < -0.4 is 4.74 Å². The fourth-order valence-corrected chi connectivity index (χ4v) is 2.92. The Hall–Kier alpha value is -1.47. The average Bonchev–Trinajstić information content (AvgIpc) is 3.11. The number of aromatic nitrogens is 1. The Balaban J connectivity index is 0.000000511. The predicted molar refractivity (Wildman–Crippen MR) is 96.5 cm³/mol. The standard InChI is InChI=1S/C15H17B3N2O.CH2F2O/c16-15(17,18)21-12-3-4-14-13(9-12)11(10-19-14)5-8-20-6-1-2-7-20;2-1(3)4/h3-4,9-10,19H,1-2,5-8H2;1,4H. The van der Waals surface area contributed by atoms with E-state index in [9.17, 15) is 8.78 Å². The minimum atomic E-state index is -3.17. The molecule has 0 aliphatic carbocycles. The SMILES string of the molecule is OC(F)F.[B]C([B])([B])Oc1ccc2[nH]cc(CCN3CCCC3)c2c1. The van der Waals surface area contributed by atoms with Crippen LogP contribution in [0, 0.1) is 0 Å². The molecule has 9 heteroatoms. The Morgan fingerprint density at radius 2 is 1.88 bits per heavy atom. The average molecular weight is 342 g/mol. The van der Waals surface area contributed by atoms with Crippen molar-refractivity contribution in [2.45, 2.75) is 31.2 Å². The molecule has 3 rings (SSSR count). The van der Waals surface area contributed by atoms with Crippen LogP contribution in [-0.2, 0) is 6.42 Å². The van der Waals surface area contributed by atoms with E-state index in [0.717, 1.165) is 23.9 Å². The molecular formula is C16H19B3F2N2O2. The summed E-state index contributed by atoms with van der Waals surface area (Å²) in [5.41, 5.74) is 2.36. The summed E-state index contributed by atoms with van der Waals surface area (Å²) >= 11 is 0. The summed E-state index contributed by atoms with van der Waals surface area (Å²) in [6.45, 7) is 0.353. The van der Waals surface area contributed by atoms with Crippen LogP contribution in [0.25, 0.3) is 10.9 Å². The van der Waals surface area contributed by atoms with E-state index in [1.54, 1.807) is 0 Å². The number of hydrogen-bond donors (Lipinski definition) is 2. The van der Waals surface area contributed by atoms with Gasteiger partial charge in [0.15, 0.2) is 0 Å². The van der Waals surface area contributed by atoms with Crippen LogP contribution in [0.2, 0.25) is 0 Å². The maximum atomic E-state index is 9.89. The van der Waals surface area contributed by atoms with Crippen LogP contribution >= 0.6 is 0 Å². The molecule has 1 saturated heterocycles. The van der Waals surface area contributed by atoms with Gasteiger partial charge in [-0.1, -0.05) is 0 Å². The zero-order valence-electron chi connectivity index (χ0n) is 13.9. The minimum absolute atomic E-state index is 0.581. The lowest BCUT2D eigenvalue weighted by Gasteiger charge is -2.23. The van der Waals surface area contributed by atoms with Gasteiger partial charge in [0.1, 0.15) is 29.3 Å². The first kappa shape index (κ1) is 19.9. The van der Waals surface area contributed by atoms with Crippen LogP contribution in [0.1, 0.15) is 18.4 Å². The lowest BCUT2D eigenvalue weighted by Crippen LogP contribution is -2.37. The molecule has 0 spiro atoms. The number of alkyl halides is 2. The summed E-state index contributed by atoms with van der Waals surface area (Å²) in [5, 5.41) is 6.20. The third kappa shape index (κ3) is 6.74. The molecular weight excluding hydrogens is 323 g/mol. The third-order valence-electron chi connectivity index (χ3n) is 3.93. The number of H-pyrrole nitrogens is 1. The summed E-state index contributed by atoms with van der Waals surface area (Å²) in [5.74, 6) is 0.581. The molecule has 1 fully saturated rings. The van der Waals surface area contributed by atoms with Gasteiger partial charge in [0.25, 0.3) is 0 Å². The number of fused-ring (bicyclic) bond motifs is 1. The lowest BCUT2D eigenvalue weighted by molar-refractivity contribution is -0.0728. The van der Waals surface area contributed by atoms with Crippen molar-refractivity contribution >= 4 is 34.4 Å². The highest BCUT2D eigenvalue weighted by Gasteiger charge is 2.14. The highest BCUT2D eigenvalue weighted by molar-refractivity contribution is 6.58. The molecule has 25 heavy (non-hydrogen) atoms. The lowest BCUT2D eigenvalue weighted by atomic mass is 9.52. The number of hydrogen-bond acceptors (Lipinski definition) is 3. The van der Waals surface area contributed by atoms with Crippen LogP contribution in [0.5, 0.6) is 5.75 Å². The van der Waals surface area contributed by atoms with E-state index in [2.05, 4.69) is 16.1 Å². The molecule has 0 atom stereocenters. The van der Waals surface area contributed by atoms with Crippen molar-refractivity contribution in [3.63, 3.8) is 0 Å². The van der Waals surface area contributed by atoms with Gasteiger partial charge in [-0.15, -0.1) is 0 Å². The smallest absolute Gasteiger partial charge is 0.342 e. The largest absolute Gasteiger partial charge is 0.516 e. The van der Waals surface area contributed by atoms with E-state index in [4.69, 9.17) is 33.4 Å². The molecule has 6 radical (unpaired) electrons. The number of aromatic amines is 1. The van der Waals surface area contributed by atoms with E-state index in [-0.39, 0.29) is 0 Å². The van der Waals surface area contributed by atoms with Crippen molar-refractivity contribution in [2.24, 2.45) is 0 Å². The van der Waals surface area contributed by atoms with Gasteiger partial charge in [-0.2, -0.15) is 8.78 Å². The van der Waals surface area contributed by atoms with E-state index < -0.39 is 11.9 Å². The number of aliphatic hydroxyl groups excluding tert-OH is 1. The van der Waals surface area contributed by atoms with Crippen molar-refractivity contribution < 1.29 is 18.6 Å². The summed E-state index contributed by atoms with van der Waals surface area (Å²) in [6, 6.07) is 5.70. The van der Waals surface area contributed by atoms with Gasteiger partial charge in [0, 0.05) is 23.6 Å². The monoisotopic (exact) mass is 342 g/mol. The summed E-state index contributed by atoms with van der Waals surface area (Å²) < 4.78 is 25.1. The molecule has 2 heterocycles. The van der Waals surface area contributed by atoms with Crippen LogP contribution in [0.4, 0.5) is 8.78 Å². The summed E-state index contributed by atoms with van der Waals surface area (Å²) in [6.07, 6.45) is 5.71. The van der Waals surface area contributed by atoms with Crippen molar-refractivity contribution in [1.82, 2.24) is 9.88 Å². The Labute approximate surface area is 150 Å². The number of aliphatic hydroxyl groups is 1. The van der Waals surface area contributed by atoms with Crippen molar-refractivity contribution in [3.05, 3.63) is 30.0 Å². The number of likely N-dealkylation sites (tertiary alicyclic amines) is 1. The molecule has 2 aromatic rings. The van der Waals surface area contributed by atoms with Gasteiger partial charge < -0.3 is 19.7 Å². The molecule has 1 aromatic heterocycles. The van der Waals surface area contributed by atoms with Gasteiger partial charge in [-0.3, -0.25) is 0 Å². The maximum absolute atomic E-state index is 9.89. The summed E-state index contributed by atoms with van der Waals surface area (Å²) in [7, 11) is 16.5. The Morgan fingerprint density at radius 3 is 2.48 bits per heavy atom. The molecule has 1 aromatic carbocycles. The Morgan fingerprint density at radius 1 is 1.24 bits per heavy atom. The quantitative estimate of drug-likeness (QED) is 0.810. The van der Waals surface area contributed by atoms with Crippen molar-refractivity contribution in [1.29, 1.82) is 0 Å². The van der Waals surface area contributed by atoms with E-state index in [1.165, 1.54) is 31.5 Å². The molecule has 128 valence electrons. The minimum Gasteiger partial charge on any atom is -0.516 e. The van der Waals surface area contributed by atoms with Gasteiger partial charge in [-0.05, 0) is 61.4 Å². The van der Waals surface area contributed by atoms with Gasteiger partial charge in [0.2, 0.25) is 0 Å². The maximum Gasteiger partial charge on any atom is 0.342 e. The molecule has 0 amide bonds. The highest BCUT2D eigenvalue weighted by atomic mass is 19.3. The fraction of sp³-hybridized carbons (Fsp3) is 0.500. The van der Waals surface area contributed by atoms with E-state index in [1.807, 2.05) is 18.2 Å². The number of rotatable bonds is 5. The molecule has 0 unspecified atom stereocenters. The van der Waals surface area contributed by atoms with Gasteiger partial charge in [-0.25, -0.2) is 0 Å². The Bertz CT molecular complexity index is 668. The number of ether oxygens (including phenoxy) is 1. The summed E-state index contributed by atoms with van der Waals surface area (Å²) in [4.78, 5) is 5.79. The number of halogens is 2. The molecule has 0 bridgehead atoms. The van der Waals surface area contributed by atoms with Gasteiger partial charge >= 0.3 is 6.61 Å². The first-order valence-electron chi connectivity index (χ1n) is 8.09.